The molecule has 7 nitrogen and oxygen atoms in total. The normalized spacial score (nSPS) is 10.1. The molecule has 0 fully saturated rings. The van der Waals surface area contributed by atoms with Crippen LogP contribution in [-0.2, 0) is 4.79 Å². The summed E-state index contributed by atoms with van der Waals surface area (Å²) in [5, 5.41) is 11.0. The summed E-state index contributed by atoms with van der Waals surface area (Å²) < 4.78 is 0. The molecule has 0 bridgehead atoms. The monoisotopic (exact) mass is 378 g/mol. The summed E-state index contributed by atoms with van der Waals surface area (Å²) in [6, 6.07) is 12.7. The molecule has 7 N–H and O–H groups in total. The lowest BCUT2D eigenvalue weighted by atomic mass is 10.1. The zero-order valence-corrected chi connectivity index (χ0v) is 14.3. The van der Waals surface area contributed by atoms with Crippen molar-refractivity contribution in [2.45, 2.75) is 13.5 Å². The van der Waals surface area contributed by atoms with Gasteiger partial charge in [-0.2, -0.15) is 0 Å². The van der Waals surface area contributed by atoms with Crippen molar-refractivity contribution in [3.8, 4) is 23.7 Å². The maximum Gasteiger partial charge on any atom is 0.267 e. The fraction of sp³-hybridized carbons (Fsp3) is 0.143. The standard InChI is InChI=1S/C20H18N4O3.CH4/c21-13-18(20(26)24-27)23-19(25)16-11-9-14(10-12-16)5-1-2-6-15-7-3-4-8-17(15)22;/h3-4,7-12,18,27H,13,21-22H2,(H,23,25)(H,24,26);1H4/t18-;/m0./s1. The summed E-state index contributed by atoms with van der Waals surface area (Å²) in [6.45, 7) is -0.147. The minimum atomic E-state index is -1.03. The van der Waals surface area contributed by atoms with Gasteiger partial charge in [-0.1, -0.05) is 31.4 Å². The first-order valence-corrected chi connectivity index (χ1v) is 7.96. The number of para-hydroxylation sites is 1. The molecule has 28 heavy (non-hydrogen) atoms. The van der Waals surface area contributed by atoms with Gasteiger partial charge in [0.1, 0.15) is 6.04 Å². The molecule has 7 heteroatoms. The summed E-state index contributed by atoms with van der Waals surface area (Å²) in [5.41, 5.74) is 14.9. The lowest BCUT2D eigenvalue weighted by molar-refractivity contribution is -0.130. The molecule has 0 saturated heterocycles. The van der Waals surface area contributed by atoms with Gasteiger partial charge in [-0.15, -0.1) is 0 Å². The van der Waals surface area contributed by atoms with Crippen LogP contribution in [0.15, 0.2) is 48.5 Å². The number of anilines is 1. The number of hydroxylamine groups is 1. The molecule has 2 aromatic carbocycles. The summed E-state index contributed by atoms with van der Waals surface area (Å²) in [5.74, 6) is 9.92. The first kappa shape index (κ1) is 22.3. The van der Waals surface area contributed by atoms with Gasteiger partial charge in [0, 0.05) is 28.9 Å². The zero-order chi connectivity index (χ0) is 19.6. The highest BCUT2D eigenvalue weighted by atomic mass is 16.5. The van der Waals surface area contributed by atoms with E-state index in [9.17, 15) is 9.59 Å². The molecule has 0 unspecified atom stereocenters. The Morgan fingerprint density at radius 1 is 1.04 bits per heavy atom. The average Bonchev–Trinajstić information content (AvgIpc) is 2.70. The van der Waals surface area contributed by atoms with Crippen LogP contribution in [-0.4, -0.2) is 29.6 Å². The maximum absolute atomic E-state index is 12.1. The Morgan fingerprint density at radius 3 is 2.29 bits per heavy atom. The van der Waals surface area contributed by atoms with E-state index in [-0.39, 0.29) is 14.0 Å². The van der Waals surface area contributed by atoms with Crippen molar-refractivity contribution in [2.24, 2.45) is 5.73 Å². The third-order valence-electron chi connectivity index (χ3n) is 3.54. The molecule has 2 amide bonds. The number of nitrogens with one attached hydrogen (secondary N) is 2. The van der Waals surface area contributed by atoms with E-state index in [1.165, 1.54) is 5.48 Å². The third-order valence-corrected chi connectivity index (χ3v) is 3.54. The van der Waals surface area contributed by atoms with E-state index in [0.29, 0.717) is 22.4 Å². The van der Waals surface area contributed by atoms with Crippen LogP contribution >= 0.6 is 0 Å². The number of amides is 2. The molecule has 144 valence electrons. The van der Waals surface area contributed by atoms with Gasteiger partial charge in [0.05, 0.1) is 0 Å². The van der Waals surface area contributed by atoms with Gasteiger partial charge in [0.25, 0.3) is 11.8 Å². The average molecular weight is 378 g/mol. The first-order chi connectivity index (χ1) is 13.0. The summed E-state index contributed by atoms with van der Waals surface area (Å²) in [4.78, 5) is 23.4. The van der Waals surface area contributed by atoms with Crippen LogP contribution < -0.4 is 22.3 Å². The van der Waals surface area contributed by atoms with E-state index in [1.807, 2.05) is 18.2 Å². The number of nitrogens with two attached hydrogens (primary N) is 2. The predicted octanol–water partition coefficient (Wildman–Crippen LogP) is 0.871. The second-order valence-electron chi connectivity index (χ2n) is 5.40. The number of benzene rings is 2. The smallest absolute Gasteiger partial charge is 0.267 e. The van der Waals surface area contributed by atoms with Gasteiger partial charge in [-0.25, -0.2) is 5.48 Å². The quantitative estimate of drug-likeness (QED) is 0.233. The predicted molar refractivity (Wildman–Crippen MR) is 108 cm³/mol. The largest absolute Gasteiger partial charge is 0.398 e. The molecule has 0 saturated carbocycles. The minimum absolute atomic E-state index is 0. The molecule has 0 aliphatic carbocycles. The number of hydrogen-bond acceptors (Lipinski definition) is 5. The maximum atomic E-state index is 12.1. The van der Waals surface area contributed by atoms with Crippen LogP contribution in [0.4, 0.5) is 5.69 Å². The van der Waals surface area contributed by atoms with Crippen LogP contribution in [0.5, 0.6) is 0 Å². The van der Waals surface area contributed by atoms with Crippen molar-refractivity contribution in [1.29, 1.82) is 0 Å². The fourth-order valence-electron chi connectivity index (χ4n) is 2.07. The van der Waals surface area contributed by atoms with E-state index in [4.69, 9.17) is 16.7 Å². The van der Waals surface area contributed by atoms with Crippen molar-refractivity contribution >= 4 is 17.5 Å². The van der Waals surface area contributed by atoms with E-state index in [0.717, 1.165) is 0 Å². The summed E-state index contributed by atoms with van der Waals surface area (Å²) in [7, 11) is 0. The first-order valence-electron chi connectivity index (χ1n) is 7.96. The molecule has 1 atom stereocenters. The van der Waals surface area contributed by atoms with E-state index in [1.54, 1.807) is 30.3 Å². The lowest BCUT2D eigenvalue weighted by Crippen LogP contribution is -2.50. The molecule has 2 aromatic rings. The molecule has 0 radical (unpaired) electrons. The Balaban J connectivity index is 0.00000392. The van der Waals surface area contributed by atoms with Crippen molar-refractivity contribution in [3.63, 3.8) is 0 Å². The lowest BCUT2D eigenvalue weighted by Gasteiger charge is -2.14. The second-order valence-corrected chi connectivity index (χ2v) is 5.40. The molecule has 2 rings (SSSR count). The van der Waals surface area contributed by atoms with Crippen LogP contribution in [0.1, 0.15) is 28.9 Å². The molecular weight excluding hydrogens is 356 g/mol. The zero-order valence-electron chi connectivity index (χ0n) is 14.3. The van der Waals surface area contributed by atoms with Crippen LogP contribution in [0, 0.1) is 23.7 Å². The SMILES string of the molecule is C.NC[C@H](NC(=O)c1ccc(C#CC#Cc2ccccc2N)cc1)C(=O)NO. The Labute approximate surface area is 164 Å². The van der Waals surface area contributed by atoms with Gasteiger partial charge in [-0.3, -0.25) is 14.8 Å². The number of nitrogen functional groups attached to an aromatic ring is 1. The van der Waals surface area contributed by atoms with Crippen LogP contribution in [0.2, 0.25) is 0 Å². The van der Waals surface area contributed by atoms with Gasteiger partial charge in [-0.05, 0) is 48.2 Å². The van der Waals surface area contributed by atoms with Crippen molar-refractivity contribution < 1.29 is 14.8 Å². The minimum Gasteiger partial charge on any atom is -0.398 e. The fourth-order valence-corrected chi connectivity index (χ4v) is 2.07. The number of rotatable bonds is 4. The Morgan fingerprint density at radius 2 is 1.68 bits per heavy atom. The summed E-state index contributed by atoms with van der Waals surface area (Å²) >= 11 is 0. The van der Waals surface area contributed by atoms with Gasteiger partial charge in [0.15, 0.2) is 0 Å². The number of hydrogen-bond donors (Lipinski definition) is 5. The van der Waals surface area contributed by atoms with Crippen LogP contribution in [0.25, 0.3) is 0 Å². The van der Waals surface area contributed by atoms with Crippen molar-refractivity contribution in [1.82, 2.24) is 10.8 Å². The van der Waals surface area contributed by atoms with Gasteiger partial charge < -0.3 is 16.8 Å². The summed E-state index contributed by atoms with van der Waals surface area (Å²) in [6.07, 6.45) is 0. The van der Waals surface area contributed by atoms with E-state index < -0.39 is 17.9 Å². The highest BCUT2D eigenvalue weighted by Crippen LogP contribution is 2.08. The molecule has 0 heterocycles. The highest BCUT2D eigenvalue weighted by molar-refractivity contribution is 5.97. The number of carbonyl (C=O) groups excluding carboxylic acids is 2. The van der Waals surface area contributed by atoms with Gasteiger partial charge >= 0.3 is 0 Å². The second kappa shape index (κ2) is 11.0. The number of carbonyl (C=O) groups is 2. The Hall–Kier alpha value is -3.78. The van der Waals surface area contributed by atoms with Gasteiger partial charge in [0.2, 0.25) is 0 Å². The van der Waals surface area contributed by atoms with E-state index >= 15 is 0 Å². The Bertz CT molecular complexity index is 947. The third kappa shape index (κ3) is 6.19. The molecule has 0 aromatic heterocycles. The van der Waals surface area contributed by atoms with Crippen molar-refractivity contribution in [3.05, 3.63) is 65.2 Å². The molecule has 0 spiro atoms. The molecular formula is C21H22N4O3. The van der Waals surface area contributed by atoms with Crippen LogP contribution in [0.3, 0.4) is 0 Å². The Kier molecular flexibility index (Phi) is 8.78. The van der Waals surface area contributed by atoms with Crippen molar-refractivity contribution in [2.75, 3.05) is 12.3 Å². The van der Waals surface area contributed by atoms with E-state index in [2.05, 4.69) is 29.0 Å². The molecule has 0 aliphatic heterocycles. The molecule has 0 aliphatic rings. The topological polar surface area (TPSA) is 130 Å². The highest BCUT2D eigenvalue weighted by Gasteiger charge is 2.19.